The maximum Gasteiger partial charge on any atom is 0.300 e. The number of aryl methyl sites for hydroxylation is 2. The van der Waals surface area contributed by atoms with Crippen molar-refractivity contribution in [3.8, 4) is 11.8 Å². The first-order valence-electron chi connectivity index (χ1n) is 8.17. The van der Waals surface area contributed by atoms with Gasteiger partial charge in [0.25, 0.3) is 11.6 Å². The van der Waals surface area contributed by atoms with Gasteiger partial charge in [-0.05, 0) is 72.3 Å². The summed E-state index contributed by atoms with van der Waals surface area (Å²) in [6.07, 6.45) is 4.95. The van der Waals surface area contributed by atoms with Crippen LogP contribution in [-0.4, -0.2) is 21.3 Å². The molecule has 0 spiro atoms. The molecule has 0 radical (unpaired) electrons. The molecule has 2 heterocycles. The van der Waals surface area contributed by atoms with Crippen molar-refractivity contribution >= 4 is 15.9 Å². The van der Waals surface area contributed by atoms with Gasteiger partial charge in [0.15, 0.2) is 6.10 Å². The summed E-state index contributed by atoms with van der Waals surface area (Å²) >= 11 is 3.62. The zero-order valence-electron chi connectivity index (χ0n) is 13.7. The van der Waals surface area contributed by atoms with Crippen LogP contribution in [0.2, 0.25) is 0 Å². The molecule has 1 atom stereocenters. The summed E-state index contributed by atoms with van der Waals surface area (Å²) in [6.45, 7) is 4.61. The molecule has 1 aliphatic carbocycles. The number of ether oxygens (including phenoxy) is 2. The Morgan fingerprint density at radius 2 is 2.08 bits per heavy atom. The molecule has 2 aliphatic rings. The van der Waals surface area contributed by atoms with Gasteiger partial charge in [0.05, 0.1) is 11.0 Å². The number of fused-ring (bicyclic) bond motifs is 2. The molecule has 6 heteroatoms. The second-order valence-corrected chi connectivity index (χ2v) is 7.77. The van der Waals surface area contributed by atoms with Crippen molar-refractivity contribution in [2.24, 2.45) is 0 Å². The van der Waals surface area contributed by atoms with Crippen molar-refractivity contribution in [3.05, 3.63) is 50.3 Å². The molecule has 0 unspecified atom stereocenters. The minimum absolute atomic E-state index is 0.216. The lowest BCUT2D eigenvalue weighted by atomic mass is 10.0. The molecule has 2 aromatic rings. The fourth-order valence-electron chi connectivity index (χ4n) is 3.35. The van der Waals surface area contributed by atoms with Gasteiger partial charge in [-0.15, -0.1) is 0 Å². The lowest BCUT2D eigenvalue weighted by Gasteiger charge is -2.31. The summed E-state index contributed by atoms with van der Waals surface area (Å²) in [4.78, 5) is 15.3. The van der Waals surface area contributed by atoms with E-state index in [0.29, 0.717) is 12.6 Å². The quantitative estimate of drug-likeness (QED) is 0.807. The fraction of sp³-hybridized carbons (Fsp3) is 0.444. The van der Waals surface area contributed by atoms with E-state index in [1.54, 1.807) is 6.20 Å². The van der Waals surface area contributed by atoms with E-state index in [2.05, 4.69) is 33.0 Å². The van der Waals surface area contributed by atoms with Crippen LogP contribution in [0.25, 0.3) is 0 Å². The zero-order valence-corrected chi connectivity index (χ0v) is 15.3. The van der Waals surface area contributed by atoms with E-state index in [1.165, 1.54) is 23.6 Å². The first-order valence-corrected chi connectivity index (χ1v) is 8.96. The Kier molecular flexibility index (Phi) is 3.67. The van der Waals surface area contributed by atoms with Gasteiger partial charge < -0.3 is 9.47 Å². The van der Waals surface area contributed by atoms with Crippen molar-refractivity contribution in [2.75, 3.05) is 0 Å². The Labute approximate surface area is 148 Å². The van der Waals surface area contributed by atoms with Crippen LogP contribution in [-0.2, 0) is 19.4 Å². The second kappa shape index (κ2) is 5.62. The summed E-state index contributed by atoms with van der Waals surface area (Å²) in [7, 11) is 0. The highest BCUT2D eigenvalue weighted by Crippen LogP contribution is 2.37. The highest BCUT2D eigenvalue weighted by atomic mass is 79.9. The summed E-state index contributed by atoms with van der Waals surface area (Å²) in [6, 6.07) is 6.10. The normalized spacial score (nSPS) is 18.9. The highest BCUT2D eigenvalue weighted by Gasteiger charge is 2.39. The van der Waals surface area contributed by atoms with Gasteiger partial charge in [-0.25, -0.2) is 0 Å². The average molecular weight is 391 g/mol. The van der Waals surface area contributed by atoms with Crippen LogP contribution in [0.4, 0.5) is 0 Å². The predicted octanol–water partition coefficient (Wildman–Crippen LogP) is 3.11. The highest BCUT2D eigenvalue weighted by molar-refractivity contribution is 9.10. The van der Waals surface area contributed by atoms with Crippen LogP contribution in [0, 0.1) is 0 Å². The van der Waals surface area contributed by atoms with Gasteiger partial charge in [0, 0.05) is 12.3 Å². The SMILES string of the molecule is CC(C)(Oc1cc2c(cc1Br)CCC2)[C@@H]1Cn2ccc(=O)nc2O1. The molecule has 1 aromatic heterocycles. The molecule has 126 valence electrons. The Balaban J connectivity index is 1.57. The zero-order chi connectivity index (χ0) is 16.9. The van der Waals surface area contributed by atoms with Crippen LogP contribution >= 0.6 is 15.9 Å². The van der Waals surface area contributed by atoms with Crippen molar-refractivity contribution in [1.82, 2.24) is 9.55 Å². The molecule has 0 N–H and O–H groups in total. The average Bonchev–Trinajstić information content (AvgIpc) is 3.13. The monoisotopic (exact) mass is 390 g/mol. The van der Waals surface area contributed by atoms with Crippen molar-refractivity contribution in [3.63, 3.8) is 0 Å². The Bertz CT molecular complexity index is 860. The van der Waals surface area contributed by atoms with Gasteiger partial charge in [0.2, 0.25) is 0 Å². The molecule has 4 rings (SSSR count). The van der Waals surface area contributed by atoms with Crippen LogP contribution in [0.3, 0.4) is 0 Å². The number of nitrogens with zero attached hydrogens (tertiary/aromatic N) is 2. The summed E-state index contributed by atoms with van der Waals surface area (Å²) < 4.78 is 15.0. The fourth-order valence-corrected chi connectivity index (χ4v) is 3.82. The summed E-state index contributed by atoms with van der Waals surface area (Å²) in [5.41, 5.74) is 1.92. The van der Waals surface area contributed by atoms with E-state index in [-0.39, 0.29) is 11.7 Å². The maximum atomic E-state index is 11.4. The van der Waals surface area contributed by atoms with E-state index in [9.17, 15) is 4.79 Å². The van der Waals surface area contributed by atoms with Crippen LogP contribution in [0.1, 0.15) is 31.4 Å². The van der Waals surface area contributed by atoms with Crippen LogP contribution in [0.5, 0.6) is 11.8 Å². The number of benzene rings is 1. The molecular weight excluding hydrogens is 372 g/mol. The molecule has 1 aromatic carbocycles. The third-order valence-corrected chi connectivity index (χ3v) is 5.37. The minimum atomic E-state index is -0.563. The minimum Gasteiger partial charge on any atom is -0.483 e. The standard InChI is InChI=1S/C18H19BrN2O3/c1-18(2,15-10-21-7-6-16(22)20-17(21)23-15)24-14-9-12-5-3-4-11(12)8-13(14)19/h6-9,15H,3-5,10H2,1-2H3/t15-/m0/s1. The van der Waals surface area contributed by atoms with Gasteiger partial charge >= 0.3 is 0 Å². The molecule has 0 saturated carbocycles. The van der Waals surface area contributed by atoms with Crippen LogP contribution < -0.4 is 15.0 Å². The molecule has 1 aliphatic heterocycles. The molecule has 24 heavy (non-hydrogen) atoms. The third kappa shape index (κ3) is 2.73. The van der Waals surface area contributed by atoms with Gasteiger partial charge in [-0.3, -0.25) is 9.36 Å². The van der Waals surface area contributed by atoms with Crippen molar-refractivity contribution in [1.29, 1.82) is 0 Å². The predicted molar refractivity (Wildman–Crippen MR) is 93.8 cm³/mol. The number of rotatable bonds is 3. The van der Waals surface area contributed by atoms with E-state index < -0.39 is 5.60 Å². The topological polar surface area (TPSA) is 53.4 Å². The first-order chi connectivity index (χ1) is 11.4. The molecule has 0 bridgehead atoms. The Hall–Kier alpha value is -1.82. The number of halogens is 1. The van der Waals surface area contributed by atoms with E-state index >= 15 is 0 Å². The van der Waals surface area contributed by atoms with Gasteiger partial charge in [0.1, 0.15) is 11.4 Å². The number of hydrogen-bond donors (Lipinski definition) is 0. The van der Waals surface area contributed by atoms with Gasteiger partial charge in [-0.2, -0.15) is 4.98 Å². The van der Waals surface area contributed by atoms with E-state index in [4.69, 9.17) is 9.47 Å². The molecule has 5 nitrogen and oxygen atoms in total. The van der Waals surface area contributed by atoms with Crippen LogP contribution in [0.15, 0.2) is 33.7 Å². The molecular formula is C18H19BrN2O3. The summed E-state index contributed by atoms with van der Waals surface area (Å²) in [5, 5.41) is 0. The lowest BCUT2D eigenvalue weighted by Crippen LogP contribution is -2.45. The molecule has 0 fully saturated rings. The van der Waals surface area contributed by atoms with Gasteiger partial charge in [-0.1, -0.05) is 0 Å². The van der Waals surface area contributed by atoms with Crippen molar-refractivity contribution in [2.45, 2.75) is 51.4 Å². The number of aromatic nitrogens is 2. The Morgan fingerprint density at radius 1 is 1.33 bits per heavy atom. The Morgan fingerprint density at radius 3 is 2.88 bits per heavy atom. The first kappa shape index (κ1) is 15.7. The maximum absolute atomic E-state index is 11.4. The molecule has 0 amide bonds. The van der Waals surface area contributed by atoms with E-state index in [1.807, 2.05) is 18.4 Å². The van der Waals surface area contributed by atoms with E-state index in [0.717, 1.165) is 23.1 Å². The largest absolute Gasteiger partial charge is 0.483 e. The second-order valence-electron chi connectivity index (χ2n) is 6.92. The smallest absolute Gasteiger partial charge is 0.300 e. The van der Waals surface area contributed by atoms with Crippen molar-refractivity contribution < 1.29 is 9.47 Å². The lowest BCUT2D eigenvalue weighted by molar-refractivity contribution is -0.00514. The molecule has 0 saturated heterocycles. The summed E-state index contributed by atoms with van der Waals surface area (Å²) in [5.74, 6) is 0.836. The number of hydrogen-bond acceptors (Lipinski definition) is 4. The third-order valence-electron chi connectivity index (χ3n) is 4.75.